The molecule has 13 heavy (non-hydrogen) atoms. The molecular formula is C10H14N2S. The molecule has 0 aliphatic heterocycles. The molecule has 0 amide bonds. The normalized spacial score (nSPS) is 12.2. The first-order chi connectivity index (χ1) is 6.08. The molecule has 0 saturated heterocycles. The molecular weight excluding hydrogens is 180 g/mol. The fourth-order valence-electron chi connectivity index (χ4n) is 0.815. The van der Waals surface area contributed by atoms with Gasteiger partial charge >= 0.3 is 0 Å². The van der Waals surface area contributed by atoms with E-state index in [9.17, 15) is 0 Å². The third-order valence-electron chi connectivity index (χ3n) is 1.39. The summed E-state index contributed by atoms with van der Waals surface area (Å²) in [5, 5.41) is 0. The third kappa shape index (κ3) is 4.68. The van der Waals surface area contributed by atoms with Crippen molar-refractivity contribution >= 4 is 18.8 Å². The SMILES string of the molecule is CC(C)(S)CN=Cc1ccccn1. The molecule has 0 aliphatic rings. The number of nitrogens with zero attached hydrogens (tertiary/aromatic N) is 2. The van der Waals surface area contributed by atoms with Crippen molar-refractivity contribution < 1.29 is 0 Å². The minimum absolute atomic E-state index is 0.0503. The van der Waals surface area contributed by atoms with E-state index in [0.29, 0.717) is 6.54 Å². The van der Waals surface area contributed by atoms with Crippen molar-refractivity contribution in [2.45, 2.75) is 18.6 Å². The quantitative estimate of drug-likeness (QED) is 0.579. The van der Waals surface area contributed by atoms with Gasteiger partial charge in [0.15, 0.2) is 0 Å². The lowest BCUT2D eigenvalue weighted by Gasteiger charge is -2.12. The van der Waals surface area contributed by atoms with E-state index in [1.165, 1.54) is 0 Å². The number of thiol groups is 1. The molecule has 70 valence electrons. The molecule has 0 spiro atoms. The fraction of sp³-hybridized carbons (Fsp3) is 0.400. The zero-order valence-electron chi connectivity index (χ0n) is 7.94. The molecule has 1 rings (SSSR count). The number of rotatable bonds is 3. The van der Waals surface area contributed by atoms with Crippen molar-refractivity contribution in [3.63, 3.8) is 0 Å². The first kappa shape index (κ1) is 10.3. The van der Waals surface area contributed by atoms with Crippen LogP contribution in [0.5, 0.6) is 0 Å². The van der Waals surface area contributed by atoms with Crippen molar-refractivity contribution in [1.29, 1.82) is 0 Å². The largest absolute Gasteiger partial charge is 0.290 e. The average Bonchev–Trinajstić information content (AvgIpc) is 2.04. The Morgan fingerprint density at radius 3 is 2.85 bits per heavy atom. The zero-order chi connectivity index (χ0) is 9.73. The first-order valence-corrected chi connectivity index (χ1v) is 4.66. The van der Waals surface area contributed by atoms with Gasteiger partial charge in [-0.2, -0.15) is 12.6 Å². The Kier molecular flexibility index (Phi) is 3.48. The summed E-state index contributed by atoms with van der Waals surface area (Å²) in [6, 6.07) is 5.76. The summed E-state index contributed by atoms with van der Waals surface area (Å²) in [6.07, 6.45) is 3.53. The minimum Gasteiger partial charge on any atom is -0.290 e. The molecule has 0 aromatic carbocycles. The van der Waals surface area contributed by atoms with Gasteiger partial charge in [0.05, 0.1) is 12.2 Å². The van der Waals surface area contributed by atoms with E-state index in [4.69, 9.17) is 0 Å². The van der Waals surface area contributed by atoms with Crippen LogP contribution in [-0.4, -0.2) is 22.5 Å². The maximum atomic E-state index is 4.37. The molecule has 3 heteroatoms. The van der Waals surface area contributed by atoms with E-state index < -0.39 is 0 Å². The Hall–Kier alpha value is -0.830. The van der Waals surface area contributed by atoms with Gasteiger partial charge < -0.3 is 0 Å². The molecule has 0 unspecified atom stereocenters. The Morgan fingerprint density at radius 2 is 2.31 bits per heavy atom. The summed E-state index contributed by atoms with van der Waals surface area (Å²) in [5.41, 5.74) is 0.889. The molecule has 2 nitrogen and oxygen atoms in total. The van der Waals surface area contributed by atoms with E-state index in [0.717, 1.165) is 5.69 Å². The van der Waals surface area contributed by atoms with Crippen LogP contribution in [0.3, 0.4) is 0 Å². The first-order valence-electron chi connectivity index (χ1n) is 4.21. The summed E-state index contributed by atoms with van der Waals surface area (Å²) in [4.78, 5) is 8.37. The second-order valence-corrected chi connectivity index (χ2v) is 4.75. The standard InChI is InChI=1S/C10H14N2S/c1-10(2,13)8-11-7-9-5-3-4-6-12-9/h3-7,13H,8H2,1-2H3. The summed E-state index contributed by atoms with van der Waals surface area (Å²) >= 11 is 4.37. The molecule has 0 N–H and O–H groups in total. The highest BCUT2D eigenvalue weighted by Gasteiger charge is 2.08. The second-order valence-electron chi connectivity index (χ2n) is 3.54. The predicted octanol–water partition coefficient (Wildman–Crippen LogP) is 2.21. The number of hydrogen-bond acceptors (Lipinski definition) is 3. The van der Waals surface area contributed by atoms with Gasteiger partial charge in [-0.15, -0.1) is 0 Å². The summed E-state index contributed by atoms with van der Waals surface area (Å²) < 4.78 is -0.0503. The number of aromatic nitrogens is 1. The van der Waals surface area contributed by atoms with Gasteiger partial charge in [0, 0.05) is 17.2 Å². The van der Waals surface area contributed by atoms with E-state index in [-0.39, 0.29) is 4.75 Å². The van der Waals surface area contributed by atoms with Gasteiger partial charge in [-0.05, 0) is 26.0 Å². The van der Waals surface area contributed by atoms with E-state index >= 15 is 0 Å². The third-order valence-corrected chi connectivity index (χ3v) is 1.53. The van der Waals surface area contributed by atoms with Gasteiger partial charge in [0.2, 0.25) is 0 Å². The highest BCUT2D eigenvalue weighted by molar-refractivity contribution is 7.81. The average molecular weight is 194 g/mol. The van der Waals surface area contributed by atoms with E-state index in [1.54, 1.807) is 12.4 Å². The van der Waals surface area contributed by atoms with Gasteiger partial charge in [-0.1, -0.05) is 6.07 Å². The summed E-state index contributed by atoms with van der Waals surface area (Å²) in [6.45, 7) is 4.77. The second kappa shape index (κ2) is 4.42. The van der Waals surface area contributed by atoms with Crippen molar-refractivity contribution in [3.8, 4) is 0 Å². The Bertz CT molecular complexity index is 275. The van der Waals surface area contributed by atoms with Gasteiger partial charge in [0.25, 0.3) is 0 Å². The monoisotopic (exact) mass is 194 g/mol. The fourth-order valence-corrected chi connectivity index (χ4v) is 0.897. The van der Waals surface area contributed by atoms with Crippen LogP contribution in [0.4, 0.5) is 0 Å². The zero-order valence-corrected chi connectivity index (χ0v) is 8.83. The van der Waals surface area contributed by atoms with Crippen molar-refractivity contribution in [3.05, 3.63) is 30.1 Å². The molecule has 1 heterocycles. The van der Waals surface area contributed by atoms with Crippen LogP contribution in [0.2, 0.25) is 0 Å². The Labute approximate surface area is 84.5 Å². The molecule has 0 radical (unpaired) electrons. The smallest absolute Gasteiger partial charge is 0.0807 e. The molecule has 1 aromatic heterocycles. The van der Waals surface area contributed by atoms with Crippen LogP contribution >= 0.6 is 12.6 Å². The minimum atomic E-state index is -0.0503. The lowest BCUT2D eigenvalue weighted by atomic mass is 10.2. The number of pyridine rings is 1. The van der Waals surface area contributed by atoms with Crippen LogP contribution < -0.4 is 0 Å². The summed E-state index contributed by atoms with van der Waals surface area (Å²) in [5.74, 6) is 0. The van der Waals surface area contributed by atoms with E-state index in [1.807, 2.05) is 32.0 Å². The number of hydrogen-bond donors (Lipinski definition) is 1. The van der Waals surface area contributed by atoms with Gasteiger partial charge in [-0.3, -0.25) is 9.98 Å². The predicted molar refractivity (Wildman–Crippen MR) is 59.8 cm³/mol. The highest BCUT2D eigenvalue weighted by atomic mass is 32.1. The molecule has 0 atom stereocenters. The lowest BCUT2D eigenvalue weighted by molar-refractivity contribution is 0.733. The van der Waals surface area contributed by atoms with Crippen molar-refractivity contribution in [1.82, 2.24) is 4.98 Å². The maximum Gasteiger partial charge on any atom is 0.0807 e. The topological polar surface area (TPSA) is 25.2 Å². The Balaban J connectivity index is 2.51. The highest BCUT2D eigenvalue weighted by Crippen LogP contribution is 2.11. The van der Waals surface area contributed by atoms with Crippen LogP contribution in [0.25, 0.3) is 0 Å². The molecule has 1 aromatic rings. The Morgan fingerprint density at radius 1 is 1.54 bits per heavy atom. The van der Waals surface area contributed by atoms with Crippen molar-refractivity contribution in [2.24, 2.45) is 4.99 Å². The maximum absolute atomic E-state index is 4.37. The van der Waals surface area contributed by atoms with Crippen LogP contribution in [0.15, 0.2) is 29.4 Å². The van der Waals surface area contributed by atoms with Gasteiger partial charge in [-0.25, -0.2) is 0 Å². The summed E-state index contributed by atoms with van der Waals surface area (Å²) in [7, 11) is 0. The molecule has 0 saturated carbocycles. The van der Waals surface area contributed by atoms with Gasteiger partial charge in [0.1, 0.15) is 0 Å². The number of aliphatic imine (C=N–C) groups is 1. The van der Waals surface area contributed by atoms with Crippen molar-refractivity contribution in [2.75, 3.05) is 6.54 Å². The lowest BCUT2D eigenvalue weighted by Crippen LogP contribution is -2.14. The molecule has 0 fully saturated rings. The van der Waals surface area contributed by atoms with Crippen LogP contribution in [0.1, 0.15) is 19.5 Å². The van der Waals surface area contributed by atoms with Crippen LogP contribution in [0, 0.1) is 0 Å². The molecule has 0 bridgehead atoms. The van der Waals surface area contributed by atoms with E-state index in [2.05, 4.69) is 22.6 Å². The molecule has 0 aliphatic carbocycles. The van der Waals surface area contributed by atoms with Crippen LogP contribution in [-0.2, 0) is 0 Å².